The van der Waals surface area contributed by atoms with Gasteiger partial charge in [0.1, 0.15) is 22.9 Å². The second kappa shape index (κ2) is 11.3. The maximum atomic E-state index is 5.82. The number of ether oxygens (including phenoxy) is 2. The van der Waals surface area contributed by atoms with Crippen LogP contribution in [0.3, 0.4) is 0 Å². The summed E-state index contributed by atoms with van der Waals surface area (Å²) in [6, 6.07) is 16.0. The minimum atomic E-state index is 0.131. The number of hydrogen-bond donors (Lipinski definition) is 0. The van der Waals surface area contributed by atoms with Gasteiger partial charge in [-0.3, -0.25) is 0 Å². The van der Waals surface area contributed by atoms with Crippen LogP contribution in [0.2, 0.25) is 0 Å². The van der Waals surface area contributed by atoms with E-state index in [-0.39, 0.29) is 6.10 Å². The molecule has 2 aromatic carbocycles. The lowest BCUT2D eigenvalue weighted by atomic mass is 9.84. The van der Waals surface area contributed by atoms with Crippen molar-refractivity contribution >= 4 is 0 Å². The van der Waals surface area contributed by atoms with Gasteiger partial charge in [-0.05, 0) is 87.1 Å². The Morgan fingerprint density at radius 2 is 1.30 bits per heavy atom. The van der Waals surface area contributed by atoms with Gasteiger partial charge < -0.3 is 9.47 Å². The monoisotopic (exact) mass is 447 g/mol. The van der Waals surface area contributed by atoms with Crippen LogP contribution < -0.4 is 9.47 Å². The third kappa shape index (κ3) is 6.53. The Bertz CT molecular complexity index is 1010. The normalized spacial score (nSPS) is 13.2. The fraction of sp³-hybridized carbons (Fsp3) is 0.464. The molecule has 2 atom stereocenters. The highest BCUT2D eigenvalue weighted by Crippen LogP contribution is 2.31. The molecule has 0 amide bonds. The summed E-state index contributed by atoms with van der Waals surface area (Å²) in [5, 5.41) is 9.17. The summed E-state index contributed by atoms with van der Waals surface area (Å²) in [5.41, 5.74) is 3.57. The van der Waals surface area contributed by atoms with E-state index in [1.54, 1.807) is 0 Å². The number of nitrogens with zero attached hydrogens (tertiary/aromatic N) is 3. The van der Waals surface area contributed by atoms with E-state index in [9.17, 15) is 0 Å². The summed E-state index contributed by atoms with van der Waals surface area (Å²) < 4.78 is 11.4. The number of hydrogen-bond acceptors (Lipinski definition) is 5. The highest BCUT2D eigenvalue weighted by atomic mass is 16.5. The van der Waals surface area contributed by atoms with Crippen LogP contribution in [-0.2, 0) is 6.42 Å². The Hall–Kier alpha value is -2.95. The second-order valence-electron chi connectivity index (χ2n) is 9.36. The molecule has 5 heteroatoms. The number of benzene rings is 2. The molecular weight excluding hydrogens is 410 g/mol. The quantitative estimate of drug-likeness (QED) is 0.340. The molecule has 3 aromatic rings. The van der Waals surface area contributed by atoms with Crippen LogP contribution in [0.4, 0.5) is 0 Å². The van der Waals surface area contributed by atoms with Gasteiger partial charge in [-0.15, -0.1) is 10.2 Å². The zero-order valence-corrected chi connectivity index (χ0v) is 21.0. The fourth-order valence-corrected chi connectivity index (χ4v) is 3.81. The van der Waals surface area contributed by atoms with Crippen molar-refractivity contribution in [3.05, 3.63) is 54.4 Å². The Morgan fingerprint density at radius 3 is 1.85 bits per heavy atom. The standard InChI is InChI=1S/C28H37N3O2/c1-8-32-24-13-9-23(10-14-24)28-27(22-11-15-25(16-12-22)33-19(4)5)29-26(30-31-28)17-20(6)21(7)18(2)3/h9-16,18-21H,8,17H2,1-7H3. The third-order valence-electron chi connectivity index (χ3n) is 6.12. The summed E-state index contributed by atoms with van der Waals surface area (Å²) in [4.78, 5) is 5.00. The molecule has 33 heavy (non-hydrogen) atoms. The van der Waals surface area contributed by atoms with Gasteiger partial charge in [-0.25, -0.2) is 4.98 Å². The van der Waals surface area contributed by atoms with Crippen LogP contribution >= 0.6 is 0 Å². The Kier molecular flexibility index (Phi) is 8.43. The van der Waals surface area contributed by atoms with Crippen molar-refractivity contribution in [1.82, 2.24) is 15.2 Å². The van der Waals surface area contributed by atoms with Crippen molar-refractivity contribution in [3.63, 3.8) is 0 Å². The molecule has 176 valence electrons. The zero-order valence-electron chi connectivity index (χ0n) is 21.0. The molecule has 0 spiro atoms. The van der Waals surface area contributed by atoms with Crippen molar-refractivity contribution in [2.45, 2.75) is 61.0 Å². The predicted molar refractivity (Wildman–Crippen MR) is 135 cm³/mol. The first-order valence-electron chi connectivity index (χ1n) is 12.0. The van der Waals surface area contributed by atoms with E-state index in [1.165, 1.54) is 0 Å². The molecule has 0 N–H and O–H groups in total. The first-order valence-corrected chi connectivity index (χ1v) is 12.0. The molecule has 0 radical (unpaired) electrons. The van der Waals surface area contributed by atoms with Gasteiger partial charge in [0.2, 0.25) is 0 Å². The summed E-state index contributed by atoms with van der Waals surface area (Å²) in [6.07, 6.45) is 0.935. The van der Waals surface area contributed by atoms with Crippen molar-refractivity contribution in [1.29, 1.82) is 0 Å². The Morgan fingerprint density at radius 1 is 0.727 bits per heavy atom. The maximum absolute atomic E-state index is 5.82. The lowest BCUT2D eigenvalue weighted by Crippen LogP contribution is -2.18. The fourth-order valence-electron chi connectivity index (χ4n) is 3.81. The van der Waals surface area contributed by atoms with Crippen molar-refractivity contribution in [3.8, 4) is 34.0 Å². The van der Waals surface area contributed by atoms with E-state index < -0.39 is 0 Å². The lowest BCUT2D eigenvalue weighted by molar-refractivity contribution is 0.242. The smallest absolute Gasteiger partial charge is 0.151 e. The van der Waals surface area contributed by atoms with E-state index in [2.05, 4.69) is 37.9 Å². The molecule has 0 aliphatic heterocycles. The van der Waals surface area contributed by atoms with Gasteiger partial charge in [-0.1, -0.05) is 27.7 Å². The topological polar surface area (TPSA) is 57.1 Å². The van der Waals surface area contributed by atoms with Crippen LogP contribution in [0.15, 0.2) is 48.5 Å². The molecule has 1 aromatic heterocycles. The van der Waals surface area contributed by atoms with E-state index in [0.717, 1.165) is 46.3 Å². The van der Waals surface area contributed by atoms with E-state index in [0.29, 0.717) is 24.4 Å². The average Bonchev–Trinajstić information content (AvgIpc) is 2.79. The molecule has 0 saturated carbocycles. The minimum absolute atomic E-state index is 0.131. The van der Waals surface area contributed by atoms with Crippen LogP contribution in [-0.4, -0.2) is 27.9 Å². The average molecular weight is 448 g/mol. The molecule has 0 bridgehead atoms. The SMILES string of the molecule is CCOc1ccc(-c2nnc(CC(C)C(C)C(C)C)nc2-c2ccc(OC(C)C)cc2)cc1. The maximum Gasteiger partial charge on any atom is 0.151 e. The molecule has 2 unspecified atom stereocenters. The Labute approximate surface area is 198 Å². The van der Waals surface area contributed by atoms with Crippen LogP contribution in [0.1, 0.15) is 54.3 Å². The van der Waals surface area contributed by atoms with Crippen LogP contribution in [0, 0.1) is 17.8 Å². The summed E-state index contributed by atoms with van der Waals surface area (Å²) in [7, 11) is 0. The largest absolute Gasteiger partial charge is 0.494 e. The van der Waals surface area contributed by atoms with Crippen LogP contribution in [0.5, 0.6) is 11.5 Å². The van der Waals surface area contributed by atoms with Crippen LogP contribution in [0.25, 0.3) is 22.5 Å². The molecular formula is C28H37N3O2. The molecule has 0 aliphatic carbocycles. The lowest BCUT2D eigenvalue weighted by Gasteiger charge is -2.22. The van der Waals surface area contributed by atoms with Crippen molar-refractivity contribution < 1.29 is 9.47 Å². The molecule has 1 heterocycles. The van der Waals surface area contributed by atoms with E-state index in [1.807, 2.05) is 69.3 Å². The first kappa shape index (κ1) is 24.7. The van der Waals surface area contributed by atoms with Gasteiger partial charge in [0.15, 0.2) is 5.82 Å². The number of aromatic nitrogens is 3. The number of rotatable bonds is 10. The summed E-state index contributed by atoms with van der Waals surface area (Å²) >= 11 is 0. The minimum Gasteiger partial charge on any atom is -0.494 e. The molecule has 5 nitrogen and oxygen atoms in total. The van der Waals surface area contributed by atoms with Gasteiger partial charge >= 0.3 is 0 Å². The predicted octanol–water partition coefficient (Wildman–Crippen LogP) is 6.86. The van der Waals surface area contributed by atoms with Gasteiger partial charge in [0.05, 0.1) is 12.7 Å². The third-order valence-corrected chi connectivity index (χ3v) is 6.12. The molecule has 3 rings (SSSR count). The summed E-state index contributed by atoms with van der Waals surface area (Å²) in [5.74, 6) is 4.13. The highest BCUT2D eigenvalue weighted by Gasteiger charge is 2.20. The van der Waals surface area contributed by atoms with Gasteiger partial charge in [0, 0.05) is 17.5 Å². The van der Waals surface area contributed by atoms with Gasteiger partial charge in [0.25, 0.3) is 0 Å². The molecule has 0 fully saturated rings. The van der Waals surface area contributed by atoms with Crippen molar-refractivity contribution in [2.24, 2.45) is 17.8 Å². The second-order valence-corrected chi connectivity index (χ2v) is 9.36. The van der Waals surface area contributed by atoms with E-state index in [4.69, 9.17) is 14.5 Å². The first-order chi connectivity index (χ1) is 15.8. The van der Waals surface area contributed by atoms with Crippen molar-refractivity contribution in [2.75, 3.05) is 6.61 Å². The van der Waals surface area contributed by atoms with E-state index >= 15 is 0 Å². The zero-order chi connectivity index (χ0) is 24.0. The van der Waals surface area contributed by atoms with Gasteiger partial charge in [-0.2, -0.15) is 0 Å². The Balaban J connectivity index is 1.99. The summed E-state index contributed by atoms with van der Waals surface area (Å²) in [6.45, 7) is 15.8. The molecule has 0 saturated heterocycles. The molecule has 0 aliphatic rings. The highest BCUT2D eigenvalue weighted by molar-refractivity contribution is 5.77.